The largest absolute Gasteiger partial charge is 0.346 e. The Morgan fingerprint density at radius 3 is 2.74 bits per heavy atom. The number of hydrogen-bond donors (Lipinski definition) is 1. The summed E-state index contributed by atoms with van der Waals surface area (Å²) in [5.41, 5.74) is 1.16. The van der Waals surface area contributed by atoms with Gasteiger partial charge in [0.25, 0.3) is 5.91 Å². The number of benzene rings is 1. The Hall–Kier alpha value is -1.42. The molecule has 0 aliphatic carbocycles. The van der Waals surface area contributed by atoms with Crippen LogP contribution in [0.5, 0.6) is 0 Å². The molecule has 1 atom stereocenters. The van der Waals surface area contributed by atoms with Gasteiger partial charge in [0.05, 0.1) is 11.1 Å². The van der Waals surface area contributed by atoms with Gasteiger partial charge in [0.2, 0.25) is 0 Å². The lowest BCUT2D eigenvalue weighted by molar-refractivity contribution is 0.0913. The Morgan fingerprint density at radius 1 is 1.37 bits per heavy atom. The molecule has 2 rings (SSSR count). The van der Waals surface area contributed by atoms with E-state index in [1.807, 2.05) is 51.1 Å². The van der Waals surface area contributed by atoms with Gasteiger partial charge in [0.1, 0.15) is 0 Å². The predicted molar refractivity (Wildman–Crippen MR) is 81.7 cm³/mol. The number of nitrogens with one attached hydrogen (secondary N) is 1. The zero-order valence-corrected chi connectivity index (χ0v) is 12.9. The highest BCUT2D eigenvalue weighted by molar-refractivity contribution is 9.09. The minimum Gasteiger partial charge on any atom is -0.346 e. The number of para-hydroxylation sites is 1. The molecule has 19 heavy (non-hydrogen) atoms. The molecular formula is C15H17BrN2O. The number of rotatable bonds is 3. The van der Waals surface area contributed by atoms with Crippen LogP contribution in [0.2, 0.25) is 0 Å². The first-order chi connectivity index (χ1) is 8.90. The van der Waals surface area contributed by atoms with E-state index in [9.17, 15) is 4.79 Å². The van der Waals surface area contributed by atoms with Gasteiger partial charge in [0.15, 0.2) is 0 Å². The number of carbonyl (C=O) groups excluding carboxylic acids is 1. The molecule has 3 nitrogen and oxygen atoms in total. The maximum absolute atomic E-state index is 12.2. The van der Waals surface area contributed by atoms with E-state index < -0.39 is 0 Å². The molecule has 1 aromatic heterocycles. The van der Waals surface area contributed by atoms with Crippen LogP contribution >= 0.6 is 15.9 Å². The summed E-state index contributed by atoms with van der Waals surface area (Å²) in [4.78, 5) is 16.7. The van der Waals surface area contributed by atoms with Gasteiger partial charge in [0, 0.05) is 21.9 Å². The Labute approximate surface area is 121 Å². The van der Waals surface area contributed by atoms with Gasteiger partial charge in [-0.05, 0) is 26.0 Å². The SMILES string of the molecule is CC(Br)C(C)(C)NC(=O)c1cnc2ccccc2c1. The summed E-state index contributed by atoms with van der Waals surface area (Å²) in [5.74, 6) is -0.102. The van der Waals surface area contributed by atoms with Gasteiger partial charge in [-0.25, -0.2) is 0 Å². The number of carbonyl (C=O) groups is 1. The third-order valence-corrected chi connectivity index (χ3v) is 4.43. The molecule has 0 spiro atoms. The number of alkyl halides is 1. The molecule has 1 amide bonds. The first-order valence-electron chi connectivity index (χ1n) is 6.21. The molecule has 1 heterocycles. The molecule has 1 N–H and O–H groups in total. The topological polar surface area (TPSA) is 42.0 Å². The third kappa shape index (κ3) is 3.13. The van der Waals surface area contributed by atoms with E-state index in [0.29, 0.717) is 5.56 Å². The molecule has 1 aromatic carbocycles. The van der Waals surface area contributed by atoms with E-state index in [1.165, 1.54) is 0 Å². The smallest absolute Gasteiger partial charge is 0.253 e. The summed E-state index contributed by atoms with van der Waals surface area (Å²) in [7, 11) is 0. The minimum absolute atomic E-state index is 0.102. The predicted octanol–water partition coefficient (Wildman–Crippen LogP) is 3.53. The lowest BCUT2D eigenvalue weighted by Gasteiger charge is -2.29. The molecule has 0 aliphatic rings. The lowest BCUT2D eigenvalue weighted by atomic mass is 10.0. The number of pyridine rings is 1. The highest BCUT2D eigenvalue weighted by atomic mass is 79.9. The molecule has 0 fully saturated rings. The van der Waals surface area contributed by atoms with Crippen LogP contribution in [0.4, 0.5) is 0 Å². The number of fused-ring (bicyclic) bond motifs is 1. The van der Waals surface area contributed by atoms with E-state index in [4.69, 9.17) is 0 Å². The quantitative estimate of drug-likeness (QED) is 0.879. The van der Waals surface area contributed by atoms with Crippen molar-refractivity contribution >= 4 is 32.7 Å². The third-order valence-electron chi connectivity index (χ3n) is 3.28. The Balaban J connectivity index is 2.27. The van der Waals surface area contributed by atoms with E-state index >= 15 is 0 Å². The van der Waals surface area contributed by atoms with Crippen LogP contribution in [-0.4, -0.2) is 21.3 Å². The van der Waals surface area contributed by atoms with Gasteiger partial charge in [-0.1, -0.05) is 41.1 Å². The number of hydrogen-bond acceptors (Lipinski definition) is 2. The number of halogens is 1. The summed E-state index contributed by atoms with van der Waals surface area (Å²) in [6.07, 6.45) is 1.62. The molecule has 1 unspecified atom stereocenters. The van der Waals surface area contributed by atoms with E-state index in [1.54, 1.807) is 6.20 Å². The van der Waals surface area contributed by atoms with Crippen LogP contribution in [0.25, 0.3) is 10.9 Å². The summed E-state index contributed by atoms with van der Waals surface area (Å²) in [6, 6.07) is 9.63. The van der Waals surface area contributed by atoms with Gasteiger partial charge >= 0.3 is 0 Å². The van der Waals surface area contributed by atoms with E-state index in [2.05, 4.69) is 26.2 Å². The van der Waals surface area contributed by atoms with Crippen molar-refractivity contribution in [2.75, 3.05) is 0 Å². The molecule has 0 bridgehead atoms. The van der Waals surface area contributed by atoms with Crippen molar-refractivity contribution in [2.24, 2.45) is 0 Å². The fraction of sp³-hybridized carbons (Fsp3) is 0.333. The van der Waals surface area contributed by atoms with Crippen LogP contribution in [0.3, 0.4) is 0 Å². The summed E-state index contributed by atoms with van der Waals surface area (Å²) >= 11 is 3.51. The Bertz CT molecular complexity index is 608. The first kappa shape index (κ1) is 14.0. The zero-order chi connectivity index (χ0) is 14.0. The maximum atomic E-state index is 12.2. The molecule has 0 aliphatic heterocycles. The van der Waals surface area contributed by atoms with Crippen molar-refractivity contribution in [3.05, 3.63) is 42.1 Å². The average molecular weight is 321 g/mol. The van der Waals surface area contributed by atoms with Crippen molar-refractivity contribution in [1.29, 1.82) is 0 Å². The van der Waals surface area contributed by atoms with Crippen LogP contribution in [-0.2, 0) is 0 Å². The molecular weight excluding hydrogens is 304 g/mol. The van der Waals surface area contributed by atoms with Crippen LogP contribution in [0, 0.1) is 0 Å². The summed E-state index contributed by atoms with van der Waals surface area (Å²) < 4.78 is 0. The van der Waals surface area contributed by atoms with Crippen molar-refractivity contribution in [3.8, 4) is 0 Å². The van der Waals surface area contributed by atoms with E-state index in [-0.39, 0.29) is 16.3 Å². The number of amides is 1. The standard InChI is InChI=1S/C15H17BrN2O/c1-10(16)15(2,3)18-14(19)12-8-11-6-4-5-7-13(11)17-9-12/h4-10H,1-3H3,(H,18,19). The van der Waals surface area contributed by atoms with Crippen LogP contribution in [0.1, 0.15) is 31.1 Å². The zero-order valence-electron chi connectivity index (χ0n) is 11.3. The number of aromatic nitrogens is 1. The fourth-order valence-corrected chi connectivity index (χ4v) is 1.77. The molecule has 0 radical (unpaired) electrons. The summed E-state index contributed by atoms with van der Waals surface area (Å²) in [6.45, 7) is 5.98. The second kappa shape index (κ2) is 5.29. The molecule has 4 heteroatoms. The monoisotopic (exact) mass is 320 g/mol. The normalized spacial score (nSPS) is 13.3. The van der Waals surface area contributed by atoms with Crippen LogP contribution in [0.15, 0.2) is 36.5 Å². The number of nitrogens with zero attached hydrogens (tertiary/aromatic N) is 1. The highest BCUT2D eigenvalue weighted by Crippen LogP contribution is 2.18. The van der Waals surface area contributed by atoms with Crippen LogP contribution < -0.4 is 5.32 Å². The first-order valence-corrected chi connectivity index (χ1v) is 7.13. The van der Waals surface area contributed by atoms with Gasteiger partial charge < -0.3 is 5.32 Å². The molecule has 0 saturated carbocycles. The Morgan fingerprint density at radius 2 is 2.05 bits per heavy atom. The van der Waals surface area contributed by atoms with Crippen molar-refractivity contribution < 1.29 is 4.79 Å². The lowest BCUT2D eigenvalue weighted by Crippen LogP contribution is -2.48. The van der Waals surface area contributed by atoms with E-state index in [0.717, 1.165) is 10.9 Å². The Kier molecular flexibility index (Phi) is 3.90. The minimum atomic E-state index is -0.317. The molecule has 100 valence electrons. The maximum Gasteiger partial charge on any atom is 0.253 e. The van der Waals surface area contributed by atoms with Gasteiger partial charge in [-0.2, -0.15) is 0 Å². The fourth-order valence-electron chi connectivity index (χ4n) is 1.66. The highest BCUT2D eigenvalue weighted by Gasteiger charge is 2.26. The summed E-state index contributed by atoms with van der Waals surface area (Å²) in [5, 5.41) is 3.98. The average Bonchev–Trinajstić information content (AvgIpc) is 2.37. The van der Waals surface area contributed by atoms with Crippen molar-refractivity contribution in [3.63, 3.8) is 0 Å². The molecule has 0 saturated heterocycles. The second-order valence-corrected chi connectivity index (χ2v) is 6.58. The molecule has 2 aromatic rings. The van der Waals surface area contributed by atoms with Crippen molar-refractivity contribution in [2.45, 2.75) is 31.1 Å². The second-order valence-electron chi connectivity index (χ2n) is 5.21. The van der Waals surface area contributed by atoms with Gasteiger partial charge in [-0.3, -0.25) is 9.78 Å². The van der Waals surface area contributed by atoms with Crippen molar-refractivity contribution in [1.82, 2.24) is 10.3 Å². The van der Waals surface area contributed by atoms with Gasteiger partial charge in [-0.15, -0.1) is 0 Å².